The minimum atomic E-state index is -0.517. The minimum Gasteiger partial charge on any atom is -0.317 e. The third-order valence-electron chi connectivity index (χ3n) is 3.29. The number of piperidine rings is 1. The van der Waals surface area contributed by atoms with Crippen molar-refractivity contribution in [1.82, 2.24) is 16.0 Å². The Morgan fingerprint density at radius 3 is 2.76 bits per heavy atom. The molecule has 1 aromatic carbocycles. The number of hydrogen-bond acceptors (Lipinski definition) is 3. The zero-order chi connectivity index (χ0) is 15.1. The van der Waals surface area contributed by atoms with E-state index < -0.39 is 6.03 Å². The first-order chi connectivity index (χ1) is 10.1. The molecule has 0 spiro atoms. The Labute approximate surface area is 128 Å². The maximum Gasteiger partial charge on any atom is 0.325 e. The third kappa shape index (κ3) is 5.21. The van der Waals surface area contributed by atoms with Gasteiger partial charge in [-0.05, 0) is 49.7 Å². The fraction of sp³-hybridized carbons (Fsp3) is 0.333. The first-order valence-corrected chi connectivity index (χ1v) is 7.27. The van der Waals surface area contributed by atoms with Crippen LogP contribution in [0, 0.1) is 5.92 Å². The van der Waals surface area contributed by atoms with Crippen molar-refractivity contribution in [1.29, 1.82) is 0 Å². The molecule has 6 heteroatoms. The van der Waals surface area contributed by atoms with Gasteiger partial charge in [0, 0.05) is 17.1 Å². The fourth-order valence-electron chi connectivity index (χ4n) is 2.16. The Hall–Kier alpha value is -1.85. The number of imide groups is 1. The van der Waals surface area contributed by atoms with Crippen LogP contribution >= 0.6 is 11.6 Å². The summed E-state index contributed by atoms with van der Waals surface area (Å²) in [5.41, 5.74) is 0.868. The van der Waals surface area contributed by atoms with Gasteiger partial charge in [-0.1, -0.05) is 23.7 Å². The van der Waals surface area contributed by atoms with Gasteiger partial charge in [0.25, 0.3) is 0 Å². The maximum atomic E-state index is 11.8. The highest BCUT2D eigenvalue weighted by Gasteiger charge is 2.21. The lowest BCUT2D eigenvalue weighted by Gasteiger charge is -2.21. The summed E-state index contributed by atoms with van der Waals surface area (Å²) in [5, 5.41) is 8.67. The molecule has 0 saturated carbocycles. The average Bonchev–Trinajstić information content (AvgIpc) is 2.48. The number of carbonyl (C=O) groups is 2. The van der Waals surface area contributed by atoms with Crippen molar-refractivity contribution in [2.75, 3.05) is 13.1 Å². The number of benzene rings is 1. The molecule has 0 bridgehead atoms. The van der Waals surface area contributed by atoms with Gasteiger partial charge in [-0.2, -0.15) is 0 Å². The molecule has 0 aliphatic carbocycles. The number of nitrogens with one attached hydrogen (secondary N) is 3. The van der Waals surface area contributed by atoms with Crippen LogP contribution < -0.4 is 16.0 Å². The maximum absolute atomic E-state index is 11.8. The molecule has 21 heavy (non-hydrogen) atoms. The van der Waals surface area contributed by atoms with Crippen LogP contribution in [-0.2, 0) is 4.79 Å². The average molecular weight is 308 g/mol. The molecule has 5 nitrogen and oxygen atoms in total. The van der Waals surface area contributed by atoms with Crippen LogP contribution in [-0.4, -0.2) is 25.0 Å². The van der Waals surface area contributed by atoms with Gasteiger partial charge in [0.05, 0.1) is 0 Å². The number of urea groups is 1. The Morgan fingerprint density at radius 1 is 1.29 bits per heavy atom. The first kappa shape index (κ1) is 15.5. The number of carbonyl (C=O) groups excluding carboxylic acids is 2. The Morgan fingerprint density at radius 2 is 2.05 bits per heavy atom. The lowest BCUT2D eigenvalue weighted by atomic mass is 9.97. The molecule has 0 unspecified atom stereocenters. The highest BCUT2D eigenvalue weighted by atomic mass is 35.5. The third-order valence-corrected chi connectivity index (χ3v) is 3.52. The molecular weight excluding hydrogens is 290 g/mol. The van der Waals surface area contributed by atoms with Gasteiger partial charge in [0.2, 0.25) is 5.91 Å². The summed E-state index contributed by atoms with van der Waals surface area (Å²) in [5.74, 6) is -0.306. The van der Waals surface area contributed by atoms with E-state index in [4.69, 9.17) is 11.6 Å². The summed E-state index contributed by atoms with van der Waals surface area (Å²) >= 11 is 5.86. The molecule has 1 aliphatic heterocycles. The van der Waals surface area contributed by atoms with E-state index in [9.17, 15) is 9.59 Å². The van der Waals surface area contributed by atoms with Crippen LogP contribution in [0.3, 0.4) is 0 Å². The molecule has 0 aromatic heterocycles. The fourth-order valence-corrected chi connectivity index (χ4v) is 2.36. The van der Waals surface area contributed by atoms with Crippen molar-refractivity contribution in [3.05, 3.63) is 41.1 Å². The molecule has 1 fully saturated rings. The number of halogens is 1. The highest BCUT2D eigenvalue weighted by molar-refractivity contribution is 6.30. The molecule has 1 saturated heterocycles. The minimum absolute atomic E-state index is 0.0890. The zero-order valence-electron chi connectivity index (χ0n) is 11.6. The Kier molecular flexibility index (Phi) is 5.78. The standard InChI is InChI=1S/C15H18ClN3O2/c16-13-3-1-2-11(10-13)4-9-18-15(21)19-14(20)12-5-7-17-8-6-12/h1-4,9-10,12,17H,5-8H2,(H2,18,19,20,21)/b9-4+. The van der Waals surface area contributed by atoms with E-state index in [0.29, 0.717) is 5.02 Å². The van der Waals surface area contributed by atoms with Crippen LogP contribution in [0.2, 0.25) is 5.02 Å². The molecule has 3 N–H and O–H groups in total. The SMILES string of the molecule is O=C(N/C=C/c1cccc(Cl)c1)NC(=O)C1CCNCC1. The van der Waals surface area contributed by atoms with Crippen molar-refractivity contribution in [2.24, 2.45) is 5.92 Å². The van der Waals surface area contributed by atoms with Crippen molar-refractivity contribution in [3.63, 3.8) is 0 Å². The predicted molar refractivity (Wildman–Crippen MR) is 82.8 cm³/mol. The van der Waals surface area contributed by atoms with Gasteiger partial charge in [-0.25, -0.2) is 4.79 Å². The van der Waals surface area contributed by atoms with Crippen LogP contribution in [0.1, 0.15) is 18.4 Å². The largest absolute Gasteiger partial charge is 0.325 e. The number of rotatable bonds is 3. The second-order valence-electron chi connectivity index (χ2n) is 4.88. The van der Waals surface area contributed by atoms with Crippen molar-refractivity contribution >= 4 is 29.6 Å². The summed E-state index contributed by atoms with van der Waals surface area (Å²) in [6.07, 6.45) is 4.71. The summed E-state index contributed by atoms with van der Waals surface area (Å²) in [4.78, 5) is 23.5. The van der Waals surface area contributed by atoms with Gasteiger partial charge in [0.15, 0.2) is 0 Å². The van der Waals surface area contributed by atoms with Crippen molar-refractivity contribution in [2.45, 2.75) is 12.8 Å². The van der Waals surface area contributed by atoms with E-state index >= 15 is 0 Å². The molecule has 0 radical (unpaired) electrons. The summed E-state index contributed by atoms with van der Waals surface area (Å²) < 4.78 is 0. The molecular formula is C15H18ClN3O2. The van der Waals surface area contributed by atoms with Crippen LogP contribution in [0.25, 0.3) is 6.08 Å². The zero-order valence-corrected chi connectivity index (χ0v) is 12.3. The molecule has 3 amide bonds. The van der Waals surface area contributed by atoms with Gasteiger partial charge in [0.1, 0.15) is 0 Å². The molecule has 112 valence electrons. The van der Waals surface area contributed by atoms with E-state index in [1.807, 2.05) is 12.1 Å². The van der Waals surface area contributed by atoms with Crippen LogP contribution in [0.15, 0.2) is 30.5 Å². The summed E-state index contributed by atoms with van der Waals surface area (Å²) in [6, 6.07) is 6.72. The molecule has 0 atom stereocenters. The van der Waals surface area contributed by atoms with E-state index in [-0.39, 0.29) is 11.8 Å². The van der Waals surface area contributed by atoms with Crippen molar-refractivity contribution in [3.8, 4) is 0 Å². The molecule has 1 aliphatic rings. The molecule has 1 heterocycles. The van der Waals surface area contributed by atoms with Crippen molar-refractivity contribution < 1.29 is 9.59 Å². The number of hydrogen-bond donors (Lipinski definition) is 3. The first-order valence-electron chi connectivity index (χ1n) is 6.89. The molecule has 2 rings (SSSR count). The van der Waals surface area contributed by atoms with Crippen LogP contribution in [0.4, 0.5) is 4.79 Å². The van der Waals surface area contributed by atoms with Gasteiger partial charge < -0.3 is 10.6 Å². The highest BCUT2D eigenvalue weighted by Crippen LogP contribution is 2.12. The Bertz CT molecular complexity index is 539. The number of amides is 3. The van der Waals surface area contributed by atoms with Gasteiger partial charge in [-0.15, -0.1) is 0 Å². The second-order valence-corrected chi connectivity index (χ2v) is 5.31. The Balaban J connectivity index is 1.77. The topological polar surface area (TPSA) is 70.2 Å². The van der Waals surface area contributed by atoms with Crippen LogP contribution in [0.5, 0.6) is 0 Å². The normalized spacial score (nSPS) is 15.9. The summed E-state index contributed by atoms with van der Waals surface area (Å²) in [6.45, 7) is 1.63. The predicted octanol–water partition coefficient (Wildman–Crippen LogP) is 2.14. The quantitative estimate of drug-likeness (QED) is 0.801. The lowest BCUT2D eigenvalue weighted by molar-refractivity contribution is -0.124. The van der Waals surface area contributed by atoms with E-state index in [1.54, 1.807) is 18.2 Å². The lowest BCUT2D eigenvalue weighted by Crippen LogP contribution is -2.43. The summed E-state index contributed by atoms with van der Waals surface area (Å²) in [7, 11) is 0. The van der Waals surface area contributed by atoms with E-state index in [1.165, 1.54) is 6.20 Å². The smallest absolute Gasteiger partial charge is 0.317 e. The monoisotopic (exact) mass is 307 g/mol. The van der Waals surface area contributed by atoms with E-state index in [2.05, 4.69) is 16.0 Å². The molecule has 1 aromatic rings. The van der Waals surface area contributed by atoms with Gasteiger partial charge in [-0.3, -0.25) is 10.1 Å². The van der Waals surface area contributed by atoms with E-state index in [0.717, 1.165) is 31.5 Å². The second kappa shape index (κ2) is 7.81. The van der Waals surface area contributed by atoms with Gasteiger partial charge >= 0.3 is 6.03 Å².